The highest BCUT2D eigenvalue weighted by Gasteiger charge is 2.13. The second-order valence-electron chi connectivity index (χ2n) is 4.65. The van der Waals surface area contributed by atoms with Crippen LogP contribution in [-0.4, -0.2) is 42.6 Å². The monoisotopic (exact) mass is 242 g/mol. The van der Waals surface area contributed by atoms with Crippen molar-refractivity contribution in [3.8, 4) is 0 Å². The van der Waals surface area contributed by atoms with E-state index in [0.717, 1.165) is 0 Å². The molecule has 98 valence electrons. The number of carbonyl (C=O) groups is 3. The van der Waals surface area contributed by atoms with Crippen molar-refractivity contribution in [1.29, 1.82) is 0 Å². The molecule has 5 nitrogen and oxygen atoms in total. The number of hydrogen-bond donors (Lipinski definition) is 1. The maximum Gasteiger partial charge on any atom is 0.239 e. The van der Waals surface area contributed by atoms with Gasteiger partial charge in [-0.05, 0) is 12.8 Å². The Labute approximate surface area is 103 Å². The SMILES string of the molecule is CC(=O)CCC(=O)N(C)CC(=O)NCC(C)C. The number of likely N-dealkylation sites (N-methyl/N-ethyl adjacent to an activating group) is 1. The molecule has 0 saturated heterocycles. The van der Waals surface area contributed by atoms with Crippen LogP contribution in [0.25, 0.3) is 0 Å². The Balaban J connectivity index is 3.90. The zero-order chi connectivity index (χ0) is 13.4. The van der Waals surface area contributed by atoms with Gasteiger partial charge in [0.15, 0.2) is 0 Å². The van der Waals surface area contributed by atoms with E-state index in [9.17, 15) is 14.4 Å². The third-order valence-electron chi connectivity index (χ3n) is 2.20. The van der Waals surface area contributed by atoms with Crippen molar-refractivity contribution in [3.63, 3.8) is 0 Å². The molecule has 0 heterocycles. The van der Waals surface area contributed by atoms with Crippen molar-refractivity contribution in [2.75, 3.05) is 20.1 Å². The van der Waals surface area contributed by atoms with Crippen LogP contribution in [0.5, 0.6) is 0 Å². The third kappa shape index (κ3) is 8.42. The largest absolute Gasteiger partial charge is 0.354 e. The van der Waals surface area contributed by atoms with E-state index in [-0.39, 0.29) is 37.0 Å². The van der Waals surface area contributed by atoms with Crippen molar-refractivity contribution in [2.24, 2.45) is 5.92 Å². The summed E-state index contributed by atoms with van der Waals surface area (Å²) >= 11 is 0. The topological polar surface area (TPSA) is 66.5 Å². The van der Waals surface area contributed by atoms with Crippen molar-refractivity contribution < 1.29 is 14.4 Å². The van der Waals surface area contributed by atoms with Crippen LogP contribution in [-0.2, 0) is 14.4 Å². The van der Waals surface area contributed by atoms with Crippen LogP contribution in [0.4, 0.5) is 0 Å². The van der Waals surface area contributed by atoms with E-state index in [1.807, 2.05) is 13.8 Å². The first-order valence-electron chi connectivity index (χ1n) is 5.83. The quantitative estimate of drug-likeness (QED) is 0.710. The molecule has 2 amide bonds. The highest BCUT2D eigenvalue weighted by atomic mass is 16.2. The summed E-state index contributed by atoms with van der Waals surface area (Å²) in [5.41, 5.74) is 0. The molecule has 0 fully saturated rings. The smallest absolute Gasteiger partial charge is 0.239 e. The van der Waals surface area contributed by atoms with E-state index in [4.69, 9.17) is 0 Å². The molecule has 0 aromatic heterocycles. The van der Waals surface area contributed by atoms with E-state index in [1.165, 1.54) is 11.8 Å². The molecule has 0 aromatic rings. The molecule has 17 heavy (non-hydrogen) atoms. The number of rotatable bonds is 7. The predicted molar refractivity (Wildman–Crippen MR) is 65.4 cm³/mol. The van der Waals surface area contributed by atoms with Crippen molar-refractivity contribution in [3.05, 3.63) is 0 Å². The number of Topliss-reactive ketones (excluding diaryl/α,β-unsaturated/α-hetero) is 1. The summed E-state index contributed by atoms with van der Waals surface area (Å²) in [7, 11) is 1.57. The Bertz CT molecular complexity index is 287. The number of nitrogens with zero attached hydrogens (tertiary/aromatic N) is 1. The molecular formula is C12H22N2O3. The first-order chi connectivity index (χ1) is 7.82. The lowest BCUT2D eigenvalue weighted by molar-refractivity contribution is -0.135. The zero-order valence-electron chi connectivity index (χ0n) is 11.1. The fourth-order valence-corrected chi connectivity index (χ4v) is 1.15. The van der Waals surface area contributed by atoms with Crippen molar-refractivity contribution in [2.45, 2.75) is 33.6 Å². The lowest BCUT2D eigenvalue weighted by Gasteiger charge is -2.17. The van der Waals surface area contributed by atoms with Gasteiger partial charge in [0.2, 0.25) is 11.8 Å². The molecular weight excluding hydrogens is 220 g/mol. The number of hydrogen-bond acceptors (Lipinski definition) is 3. The summed E-state index contributed by atoms with van der Waals surface area (Å²) in [6, 6.07) is 0. The fraction of sp³-hybridized carbons (Fsp3) is 0.750. The maximum absolute atomic E-state index is 11.5. The number of ketones is 1. The van der Waals surface area contributed by atoms with E-state index in [2.05, 4.69) is 5.32 Å². The van der Waals surface area contributed by atoms with Crippen LogP contribution in [0.3, 0.4) is 0 Å². The van der Waals surface area contributed by atoms with E-state index in [1.54, 1.807) is 7.05 Å². The van der Waals surface area contributed by atoms with Gasteiger partial charge >= 0.3 is 0 Å². The number of carbonyl (C=O) groups excluding carboxylic acids is 3. The van der Waals surface area contributed by atoms with Crippen molar-refractivity contribution in [1.82, 2.24) is 10.2 Å². The summed E-state index contributed by atoms with van der Waals surface area (Å²) in [6.45, 7) is 6.10. The lowest BCUT2D eigenvalue weighted by Crippen LogP contribution is -2.39. The molecule has 0 atom stereocenters. The second kappa shape index (κ2) is 7.81. The Morgan fingerprint density at radius 1 is 1.18 bits per heavy atom. The minimum absolute atomic E-state index is 0.0176. The van der Waals surface area contributed by atoms with Gasteiger partial charge in [-0.2, -0.15) is 0 Å². The molecule has 0 aliphatic rings. The zero-order valence-corrected chi connectivity index (χ0v) is 11.1. The molecule has 5 heteroatoms. The molecule has 0 saturated carbocycles. The molecule has 0 aliphatic carbocycles. The van der Waals surface area contributed by atoms with Crippen LogP contribution in [0.1, 0.15) is 33.6 Å². The minimum Gasteiger partial charge on any atom is -0.354 e. The third-order valence-corrected chi connectivity index (χ3v) is 2.20. The standard InChI is InChI=1S/C12H22N2O3/c1-9(2)7-13-11(16)8-14(4)12(17)6-5-10(3)15/h9H,5-8H2,1-4H3,(H,13,16). The van der Waals surface area contributed by atoms with Gasteiger partial charge in [0.1, 0.15) is 5.78 Å². The molecule has 0 spiro atoms. The minimum atomic E-state index is -0.181. The second-order valence-corrected chi connectivity index (χ2v) is 4.65. The van der Waals surface area contributed by atoms with Gasteiger partial charge in [0.25, 0.3) is 0 Å². The molecule has 0 rings (SSSR count). The first kappa shape index (κ1) is 15.6. The van der Waals surface area contributed by atoms with Crippen LogP contribution >= 0.6 is 0 Å². The first-order valence-corrected chi connectivity index (χ1v) is 5.83. The molecule has 0 radical (unpaired) electrons. The number of nitrogens with one attached hydrogen (secondary N) is 1. The predicted octanol–water partition coefficient (Wildman–Crippen LogP) is 0.586. The molecule has 0 unspecified atom stereocenters. The van der Waals surface area contributed by atoms with Crippen LogP contribution in [0.2, 0.25) is 0 Å². The normalized spacial score (nSPS) is 10.2. The molecule has 0 aliphatic heterocycles. The number of amides is 2. The van der Waals surface area contributed by atoms with Gasteiger partial charge in [-0.15, -0.1) is 0 Å². The molecule has 0 bridgehead atoms. The van der Waals surface area contributed by atoms with Gasteiger partial charge in [0, 0.05) is 26.4 Å². The van der Waals surface area contributed by atoms with Gasteiger partial charge in [-0.3, -0.25) is 9.59 Å². The molecule has 1 N–H and O–H groups in total. The Morgan fingerprint density at radius 2 is 1.76 bits per heavy atom. The Kier molecular flexibility index (Phi) is 7.18. The Morgan fingerprint density at radius 3 is 2.24 bits per heavy atom. The fourth-order valence-electron chi connectivity index (χ4n) is 1.15. The summed E-state index contributed by atoms with van der Waals surface area (Å²) in [6.07, 6.45) is 0.403. The van der Waals surface area contributed by atoms with Crippen LogP contribution in [0.15, 0.2) is 0 Å². The van der Waals surface area contributed by atoms with Crippen LogP contribution < -0.4 is 5.32 Å². The van der Waals surface area contributed by atoms with E-state index in [0.29, 0.717) is 12.5 Å². The average molecular weight is 242 g/mol. The summed E-state index contributed by atoms with van der Waals surface area (Å²) < 4.78 is 0. The van der Waals surface area contributed by atoms with Crippen molar-refractivity contribution >= 4 is 17.6 Å². The van der Waals surface area contributed by atoms with Gasteiger partial charge in [-0.1, -0.05) is 13.8 Å². The average Bonchev–Trinajstić information content (AvgIpc) is 2.22. The van der Waals surface area contributed by atoms with E-state index >= 15 is 0 Å². The summed E-state index contributed by atoms with van der Waals surface area (Å²) in [4.78, 5) is 35.0. The molecule has 0 aromatic carbocycles. The Hall–Kier alpha value is -1.39. The van der Waals surface area contributed by atoms with Crippen LogP contribution in [0, 0.1) is 5.92 Å². The summed E-state index contributed by atoms with van der Waals surface area (Å²) in [5.74, 6) is 0.0194. The summed E-state index contributed by atoms with van der Waals surface area (Å²) in [5, 5.41) is 2.73. The van der Waals surface area contributed by atoms with Gasteiger partial charge in [-0.25, -0.2) is 0 Å². The van der Waals surface area contributed by atoms with E-state index < -0.39 is 0 Å². The highest BCUT2D eigenvalue weighted by Crippen LogP contribution is 1.96. The van der Waals surface area contributed by atoms with Gasteiger partial charge < -0.3 is 15.0 Å². The lowest BCUT2D eigenvalue weighted by atomic mass is 10.2. The maximum atomic E-state index is 11.5. The van der Waals surface area contributed by atoms with Gasteiger partial charge in [0.05, 0.1) is 6.54 Å². The highest BCUT2D eigenvalue weighted by molar-refractivity contribution is 5.87.